The zero-order chi connectivity index (χ0) is 18.7. The molecule has 0 unspecified atom stereocenters. The molecule has 2 aromatic rings. The van der Waals surface area contributed by atoms with Crippen LogP contribution in [-0.4, -0.2) is 34.4 Å². The number of aryl methyl sites for hydroxylation is 1. The molecule has 0 saturated carbocycles. The largest absolute Gasteiger partial charge is 0.379 e. The van der Waals surface area contributed by atoms with E-state index < -0.39 is 0 Å². The summed E-state index contributed by atoms with van der Waals surface area (Å²) >= 11 is 0. The highest BCUT2D eigenvalue weighted by Gasteiger charge is 2.36. The van der Waals surface area contributed by atoms with Crippen molar-refractivity contribution < 1.29 is 4.79 Å². The molecule has 2 aliphatic rings. The zero-order valence-corrected chi connectivity index (χ0v) is 16.0. The minimum absolute atomic E-state index is 0.144. The van der Waals surface area contributed by atoms with Crippen LogP contribution in [0.3, 0.4) is 0 Å². The van der Waals surface area contributed by atoms with Gasteiger partial charge in [0.25, 0.3) is 0 Å². The predicted octanol–water partition coefficient (Wildman–Crippen LogP) is 3.25. The van der Waals surface area contributed by atoms with Crippen molar-refractivity contribution >= 4 is 11.6 Å². The number of para-hydroxylation sites is 1. The monoisotopic (exact) mass is 364 g/mol. The Hall–Kier alpha value is -2.40. The summed E-state index contributed by atoms with van der Waals surface area (Å²) in [5.74, 6) is 0.144. The summed E-state index contributed by atoms with van der Waals surface area (Å²) < 4.78 is 0. The fourth-order valence-corrected chi connectivity index (χ4v) is 4.32. The van der Waals surface area contributed by atoms with Gasteiger partial charge in [-0.25, -0.2) is 0 Å². The summed E-state index contributed by atoms with van der Waals surface area (Å²) in [6, 6.07) is 14.5. The molecule has 2 N–H and O–H groups in total. The molecule has 5 heteroatoms. The molecule has 142 valence electrons. The van der Waals surface area contributed by atoms with E-state index in [0.717, 1.165) is 61.5 Å². The number of rotatable bonds is 2. The van der Waals surface area contributed by atoms with Gasteiger partial charge in [0, 0.05) is 43.0 Å². The first kappa shape index (κ1) is 18.0. The van der Waals surface area contributed by atoms with Crippen LogP contribution >= 0.6 is 0 Å². The van der Waals surface area contributed by atoms with Gasteiger partial charge in [-0.05, 0) is 56.5 Å². The molecule has 1 spiro atoms. The molecule has 0 aliphatic carbocycles. The molecule has 0 bridgehead atoms. The van der Waals surface area contributed by atoms with E-state index in [1.165, 1.54) is 0 Å². The van der Waals surface area contributed by atoms with E-state index >= 15 is 0 Å². The van der Waals surface area contributed by atoms with Crippen molar-refractivity contribution in [3.8, 4) is 0 Å². The van der Waals surface area contributed by atoms with Crippen LogP contribution < -0.4 is 10.6 Å². The van der Waals surface area contributed by atoms with Crippen LogP contribution in [0.4, 0.5) is 5.69 Å². The number of benzene rings is 1. The summed E-state index contributed by atoms with van der Waals surface area (Å²) in [6.45, 7) is 5.53. The number of amides is 1. The van der Waals surface area contributed by atoms with Crippen LogP contribution in [0.15, 0.2) is 42.5 Å². The van der Waals surface area contributed by atoms with Gasteiger partial charge in [-0.15, -0.1) is 0 Å². The van der Waals surface area contributed by atoms with Gasteiger partial charge in [0.1, 0.15) is 0 Å². The lowest BCUT2D eigenvalue weighted by Crippen LogP contribution is -2.46. The Morgan fingerprint density at radius 3 is 2.89 bits per heavy atom. The van der Waals surface area contributed by atoms with Crippen LogP contribution in [0.25, 0.3) is 0 Å². The van der Waals surface area contributed by atoms with E-state index in [1.807, 2.05) is 19.1 Å². The maximum Gasteiger partial charge on any atom is 0.222 e. The van der Waals surface area contributed by atoms with Gasteiger partial charge in [-0.2, -0.15) is 0 Å². The second-order valence-corrected chi connectivity index (χ2v) is 7.92. The van der Waals surface area contributed by atoms with E-state index in [1.54, 1.807) is 0 Å². The Morgan fingerprint density at radius 2 is 2.00 bits per heavy atom. The summed E-state index contributed by atoms with van der Waals surface area (Å²) in [4.78, 5) is 19.6. The van der Waals surface area contributed by atoms with Gasteiger partial charge in [0.05, 0.1) is 5.69 Å². The third kappa shape index (κ3) is 4.30. The van der Waals surface area contributed by atoms with E-state index in [2.05, 4.69) is 50.8 Å². The Balaban J connectivity index is 1.51. The molecular weight excluding hydrogens is 336 g/mol. The van der Waals surface area contributed by atoms with Crippen LogP contribution in [0.5, 0.6) is 0 Å². The molecule has 1 fully saturated rings. The molecule has 1 aromatic heterocycles. The van der Waals surface area contributed by atoms with Gasteiger partial charge in [-0.3, -0.25) is 14.7 Å². The number of fused-ring (bicyclic) bond motifs is 1. The quantitative estimate of drug-likeness (QED) is 0.859. The highest BCUT2D eigenvalue weighted by Crippen LogP contribution is 2.33. The number of anilines is 1. The van der Waals surface area contributed by atoms with Crippen molar-refractivity contribution in [2.24, 2.45) is 0 Å². The van der Waals surface area contributed by atoms with Crippen LogP contribution in [0, 0.1) is 6.92 Å². The van der Waals surface area contributed by atoms with Crippen molar-refractivity contribution in [2.45, 2.75) is 51.2 Å². The SMILES string of the molecule is Cc1cccc(CN2CCC[C@@]3(CC2)CC(=O)NCc2ccccc2N3)n1. The van der Waals surface area contributed by atoms with Gasteiger partial charge in [0.2, 0.25) is 5.91 Å². The van der Waals surface area contributed by atoms with E-state index in [9.17, 15) is 4.79 Å². The second kappa shape index (κ2) is 7.69. The smallest absolute Gasteiger partial charge is 0.222 e. The first-order valence-electron chi connectivity index (χ1n) is 9.90. The predicted molar refractivity (Wildman–Crippen MR) is 107 cm³/mol. The van der Waals surface area contributed by atoms with E-state index in [-0.39, 0.29) is 11.4 Å². The molecule has 2 aliphatic heterocycles. The maximum absolute atomic E-state index is 12.5. The normalized spacial score (nSPS) is 23.5. The Labute approximate surface area is 161 Å². The number of nitrogens with zero attached hydrogens (tertiary/aromatic N) is 2. The Morgan fingerprint density at radius 1 is 1.11 bits per heavy atom. The topological polar surface area (TPSA) is 57.3 Å². The van der Waals surface area contributed by atoms with Crippen molar-refractivity contribution in [3.63, 3.8) is 0 Å². The maximum atomic E-state index is 12.5. The number of hydrogen-bond acceptors (Lipinski definition) is 4. The Kier molecular flexibility index (Phi) is 5.12. The summed E-state index contributed by atoms with van der Waals surface area (Å²) in [5.41, 5.74) is 4.34. The first-order valence-corrected chi connectivity index (χ1v) is 9.90. The molecule has 1 aromatic carbocycles. The molecule has 1 saturated heterocycles. The molecule has 27 heavy (non-hydrogen) atoms. The van der Waals surface area contributed by atoms with E-state index in [0.29, 0.717) is 13.0 Å². The number of nitrogens with one attached hydrogen (secondary N) is 2. The second-order valence-electron chi connectivity index (χ2n) is 7.92. The Bertz CT molecular complexity index is 821. The average Bonchev–Trinajstić information content (AvgIpc) is 2.82. The highest BCUT2D eigenvalue weighted by molar-refractivity contribution is 5.79. The lowest BCUT2D eigenvalue weighted by Gasteiger charge is -2.37. The van der Waals surface area contributed by atoms with Crippen molar-refractivity contribution in [3.05, 3.63) is 59.4 Å². The molecule has 0 radical (unpaired) electrons. The summed E-state index contributed by atoms with van der Waals surface area (Å²) in [6.07, 6.45) is 3.58. The molecule has 4 rings (SSSR count). The number of likely N-dealkylation sites (tertiary alicyclic amines) is 1. The molecule has 1 amide bonds. The van der Waals surface area contributed by atoms with Crippen molar-refractivity contribution in [1.29, 1.82) is 0 Å². The number of aromatic nitrogens is 1. The van der Waals surface area contributed by atoms with Crippen molar-refractivity contribution in [1.82, 2.24) is 15.2 Å². The first-order chi connectivity index (χ1) is 13.1. The molecular formula is C22H28N4O. The number of carbonyl (C=O) groups excluding carboxylic acids is 1. The lowest BCUT2D eigenvalue weighted by molar-refractivity contribution is -0.122. The minimum atomic E-state index is -0.171. The minimum Gasteiger partial charge on any atom is -0.379 e. The fourth-order valence-electron chi connectivity index (χ4n) is 4.32. The molecule has 3 heterocycles. The van der Waals surface area contributed by atoms with E-state index in [4.69, 9.17) is 0 Å². The van der Waals surface area contributed by atoms with Gasteiger partial charge < -0.3 is 10.6 Å². The standard InChI is InChI=1S/C22H28N4O/c1-17-6-4-8-19(24-17)16-26-12-5-10-22(11-13-26)14-21(27)23-15-18-7-2-3-9-20(18)25-22/h2-4,6-9,25H,5,10-16H2,1H3,(H,23,27)/t22-/m1/s1. The van der Waals surface area contributed by atoms with Gasteiger partial charge >= 0.3 is 0 Å². The van der Waals surface area contributed by atoms with Crippen LogP contribution in [-0.2, 0) is 17.9 Å². The summed E-state index contributed by atoms with van der Waals surface area (Å²) in [5, 5.41) is 6.86. The number of hydrogen-bond donors (Lipinski definition) is 2. The zero-order valence-electron chi connectivity index (χ0n) is 16.0. The van der Waals surface area contributed by atoms with Gasteiger partial charge in [0.15, 0.2) is 0 Å². The molecule has 5 nitrogen and oxygen atoms in total. The molecule has 1 atom stereocenters. The van der Waals surface area contributed by atoms with Crippen molar-refractivity contribution in [2.75, 3.05) is 18.4 Å². The third-order valence-corrected chi connectivity index (χ3v) is 5.76. The average molecular weight is 364 g/mol. The third-order valence-electron chi connectivity index (χ3n) is 5.76. The van der Waals surface area contributed by atoms with Crippen LogP contribution in [0.2, 0.25) is 0 Å². The summed E-state index contributed by atoms with van der Waals surface area (Å²) in [7, 11) is 0. The van der Waals surface area contributed by atoms with Gasteiger partial charge in [-0.1, -0.05) is 24.3 Å². The highest BCUT2D eigenvalue weighted by atomic mass is 16.1. The fraction of sp³-hybridized carbons (Fsp3) is 0.455. The van der Waals surface area contributed by atoms with Crippen LogP contribution in [0.1, 0.15) is 42.6 Å². The lowest BCUT2D eigenvalue weighted by atomic mass is 9.85. The number of pyridine rings is 1. The number of carbonyl (C=O) groups is 1.